The molecule has 1 saturated heterocycles. The molecule has 1 aliphatic rings. The normalized spacial score (nSPS) is 27.9. The van der Waals surface area contributed by atoms with Gasteiger partial charge in [0, 0.05) is 23.6 Å². The molecule has 0 aromatic carbocycles. The van der Waals surface area contributed by atoms with E-state index in [1.54, 1.807) is 11.3 Å². The predicted molar refractivity (Wildman–Crippen MR) is 67.7 cm³/mol. The second kappa shape index (κ2) is 5.27. The summed E-state index contributed by atoms with van der Waals surface area (Å²) in [6, 6.07) is 4.24. The summed E-state index contributed by atoms with van der Waals surface area (Å²) in [6.45, 7) is 4.73. The van der Waals surface area contributed by atoms with Crippen LogP contribution in [0.25, 0.3) is 0 Å². The first-order chi connectivity index (χ1) is 7.70. The zero-order chi connectivity index (χ0) is 11.4. The third-order valence-corrected chi connectivity index (χ3v) is 4.10. The van der Waals surface area contributed by atoms with Gasteiger partial charge in [-0.3, -0.25) is 0 Å². The average Bonchev–Trinajstić information content (AvgIpc) is 2.80. The molecule has 2 atom stereocenters. The van der Waals surface area contributed by atoms with Gasteiger partial charge in [0.2, 0.25) is 0 Å². The molecule has 16 heavy (non-hydrogen) atoms. The van der Waals surface area contributed by atoms with Crippen molar-refractivity contribution < 1.29 is 4.74 Å². The molecule has 0 amide bonds. The summed E-state index contributed by atoms with van der Waals surface area (Å²) in [7, 11) is 0. The maximum absolute atomic E-state index is 6.12. The van der Waals surface area contributed by atoms with Crippen LogP contribution in [-0.4, -0.2) is 25.3 Å². The smallest absolute Gasteiger partial charge is 0.0645 e. The molecular weight excluding hydrogens is 220 g/mol. The second-order valence-electron chi connectivity index (χ2n) is 4.72. The lowest BCUT2D eigenvalue weighted by molar-refractivity contribution is 0.0281. The topological polar surface area (TPSA) is 47.3 Å². The van der Waals surface area contributed by atoms with Crippen LogP contribution in [0.4, 0.5) is 0 Å². The molecule has 2 heterocycles. The van der Waals surface area contributed by atoms with Crippen LogP contribution in [0, 0.1) is 0 Å². The summed E-state index contributed by atoms with van der Waals surface area (Å²) in [6.07, 6.45) is 2.31. The highest BCUT2D eigenvalue weighted by atomic mass is 32.1. The summed E-state index contributed by atoms with van der Waals surface area (Å²) >= 11 is 1.72. The second-order valence-corrected chi connectivity index (χ2v) is 5.70. The highest BCUT2D eigenvalue weighted by Crippen LogP contribution is 2.20. The van der Waals surface area contributed by atoms with Gasteiger partial charge >= 0.3 is 0 Å². The van der Waals surface area contributed by atoms with Crippen molar-refractivity contribution in [2.45, 2.75) is 31.3 Å². The zero-order valence-corrected chi connectivity index (χ0v) is 10.6. The number of rotatable bonds is 4. The van der Waals surface area contributed by atoms with Gasteiger partial charge in [-0.15, -0.1) is 11.3 Å². The van der Waals surface area contributed by atoms with E-state index in [0.29, 0.717) is 0 Å². The van der Waals surface area contributed by atoms with Gasteiger partial charge in [0.05, 0.1) is 12.6 Å². The Bertz CT molecular complexity index is 307. The van der Waals surface area contributed by atoms with Crippen molar-refractivity contribution in [3.63, 3.8) is 0 Å². The summed E-state index contributed by atoms with van der Waals surface area (Å²) in [5.74, 6) is 0. The molecule has 1 aromatic heterocycles. The highest BCUT2D eigenvalue weighted by molar-refractivity contribution is 7.10. The van der Waals surface area contributed by atoms with E-state index in [1.165, 1.54) is 11.3 Å². The summed E-state index contributed by atoms with van der Waals surface area (Å²) in [4.78, 5) is 1.24. The summed E-state index contributed by atoms with van der Waals surface area (Å²) in [5, 5.41) is 5.61. The van der Waals surface area contributed by atoms with Crippen LogP contribution in [0.3, 0.4) is 0 Å². The largest absolute Gasteiger partial charge is 0.380 e. The van der Waals surface area contributed by atoms with Crippen LogP contribution in [0.5, 0.6) is 0 Å². The molecule has 1 fully saturated rings. The Hall–Kier alpha value is -0.420. The Kier molecular flexibility index (Phi) is 3.97. The van der Waals surface area contributed by atoms with Crippen LogP contribution in [0.15, 0.2) is 17.5 Å². The van der Waals surface area contributed by atoms with Crippen LogP contribution in [-0.2, 0) is 4.74 Å². The van der Waals surface area contributed by atoms with Gasteiger partial charge in [0.25, 0.3) is 0 Å². The van der Waals surface area contributed by atoms with E-state index in [0.717, 1.165) is 26.2 Å². The van der Waals surface area contributed by atoms with Gasteiger partial charge in [-0.25, -0.2) is 0 Å². The van der Waals surface area contributed by atoms with E-state index >= 15 is 0 Å². The highest BCUT2D eigenvalue weighted by Gasteiger charge is 2.27. The molecule has 1 aromatic rings. The Balaban J connectivity index is 1.82. The van der Waals surface area contributed by atoms with Gasteiger partial charge in [-0.1, -0.05) is 6.07 Å². The quantitative estimate of drug-likeness (QED) is 0.845. The molecule has 3 N–H and O–H groups in total. The lowest BCUT2D eigenvalue weighted by Crippen LogP contribution is -2.50. The minimum Gasteiger partial charge on any atom is -0.380 e. The summed E-state index contributed by atoms with van der Waals surface area (Å²) < 4.78 is 5.51. The van der Waals surface area contributed by atoms with Crippen LogP contribution < -0.4 is 11.1 Å². The van der Waals surface area contributed by atoms with Gasteiger partial charge in [0.15, 0.2) is 0 Å². The van der Waals surface area contributed by atoms with Gasteiger partial charge in [-0.2, -0.15) is 0 Å². The van der Waals surface area contributed by atoms with Gasteiger partial charge in [0.1, 0.15) is 0 Å². The Morgan fingerprint density at radius 2 is 2.56 bits per heavy atom. The first-order valence-electron chi connectivity index (χ1n) is 5.81. The molecule has 2 unspecified atom stereocenters. The van der Waals surface area contributed by atoms with Crippen LogP contribution in [0.2, 0.25) is 0 Å². The summed E-state index contributed by atoms with van der Waals surface area (Å²) in [5.41, 5.74) is 6.23. The lowest BCUT2D eigenvalue weighted by Gasteiger charge is -2.35. The maximum Gasteiger partial charge on any atom is 0.0645 e. The molecule has 1 aliphatic heterocycles. The van der Waals surface area contributed by atoms with E-state index in [9.17, 15) is 0 Å². The molecule has 0 radical (unpaired) electrons. The minimum absolute atomic E-state index is 0.0961. The molecule has 90 valence electrons. The fourth-order valence-electron chi connectivity index (χ4n) is 2.03. The van der Waals surface area contributed by atoms with Crippen molar-refractivity contribution in [3.8, 4) is 0 Å². The maximum atomic E-state index is 6.12. The molecule has 0 saturated carbocycles. The Morgan fingerprint density at radius 3 is 3.19 bits per heavy atom. The van der Waals surface area contributed by atoms with E-state index in [1.807, 2.05) is 6.07 Å². The molecular formula is C12H20N2OS. The monoisotopic (exact) mass is 240 g/mol. The van der Waals surface area contributed by atoms with E-state index in [2.05, 4.69) is 23.7 Å². The van der Waals surface area contributed by atoms with E-state index in [-0.39, 0.29) is 11.6 Å². The lowest BCUT2D eigenvalue weighted by atomic mass is 9.94. The number of thiophene rings is 1. The van der Waals surface area contributed by atoms with Crippen LogP contribution >= 0.6 is 11.3 Å². The molecule has 0 aliphatic carbocycles. The van der Waals surface area contributed by atoms with Crippen molar-refractivity contribution in [2.75, 3.05) is 19.8 Å². The van der Waals surface area contributed by atoms with Crippen molar-refractivity contribution in [3.05, 3.63) is 22.4 Å². The van der Waals surface area contributed by atoms with E-state index < -0.39 is 0 Å². The van der Waals surface area contributed by atoms with Crippen molar-refractivity contribution in [2.24, 2.45) is 5.73 Å². The van der Waals surface area contributed by atoms with Crippen molar-refractivity contribution in [1.29, 1.82) is 0 Å². The Morgan fingerprint density at radius 1 is 1.69 bits per heavy atom. The third-order valence-electron chi connectivity index (χ3n) is 3.10. The van der Waals surface area contributed by atoms with Crippen molar-refractivity contribution in [1.82, 2.24) is 5.32 Å². The van der Waals surface area contributed by atoms with Crippen LogP contribution in [0.1, 0.15) is 30.7 Å². The number of nitrogens with one attached hydrogen (secondary N) is 1. The first-order valence-corrected chi connectivity index (χ1v) is 6.69. The number of nitrogens with two attached hydrogens (primary N) is 1. The molecule has 0 bridgehead atoms. The fraction of sp³-hybridized carbons (Fsp3) is 0.667. The molecule has 4 heteroatoms. The SMILES string of the molecule is CC1(NCC(N)c2cccs2)CCCOC1. The average molecular weight is 240 g/mol. The number of ether oxygens (including phenoxy) is 1. The zero-order valence-electron chi connectivity index (χ0n) is 9.74. The molecule has 2 rings (SSSR count). The number of hydrogen-bond acceptors (Lipinski definition) is 4. The number of hydrogen-bond donors (Lipinski definition) is 2. The van der Waals surface area contributed by atoms with Crippen molar-refractivity contribution >= 4 is 11.3 Å². The van der Waals surface area contributed by atoms with Gasteiger partial charge in [-0.05, 0) is 31.2 Å². The third kappa shape index (κ3) is 3.04. The van der Waals surface area contributed by atoms with Gasteiger partial charge < -0.3 is 15.8 Å². The minimum atomic E-state index is 0.0961. The van der Waals surface area contributed by atoms with E-state index in [4.69, 9.17) is 10.5 Å². The Labute approximate surface area is 101 Å². The predicted octanol–water partition coefficient (Wildman–Crippen LogP) is 1.91. The molecule has 0 spiro atoms. The standard InChI is InChI=1S/C12H20N2OS/c1-12(5-3-6-15-9-12)14-8-10(13)11-4-2-7-16-11/h2,4,7,10,14H,3,5-6,8-9,13H2,1H3. The fourth-order valence-corrected chi connectivity index (χ4v) is 2.76. The molecule has 3 nitrogen and oxygen atoms in total. The first kappa shape index (κ1) is 12.0.